The van der Waals surface area contributed by atoms with E-state index < -0.39 is 17.2 Å². The summed E-state index contributed by atoms with van der Waals surface area (Å²) in [5.74, 6) is -0.652. The second-order valence-corrected chi connectivity index (χ2v) is 7.58. The fraction of sp³-hybridized carbons (Fsp3) is 0.579. The van der Waals surface area contributed by atoms with E-state index in [1.165, 1.54) is 24.3 Å². The van der Waals surface area contributed by atoms with Gasteiger partial charge in [-0.05, 0) is 57.9 Å². The molecule has 0 aliphatic heterocycles. The highest BCUT2D eigenvalue weighted by Gasteiger charge is 2.41. The number of carbonyl (C=O) groups excluding carboxylic acids is 2. The third-order valence-electron chi connectivity index (χ3n) is 4.23. The first-order valence-electron chi connectivity index (χ1n) is 8.78. The fourth-order valence-corrected chi connectivity index (χ4v) is 3.02. The van der Waals surface area contributed by atoms with Gasteiger partial charge in [0, 0.05) is 5.69 Å². The Hall–Kier alpha value is -2.11. The summed E-state index contributed by atoms with van der Waals surface area (Å²) in [6, 6.07) is 5.59. The highest BCUT2D eigenvalue weighted by atomic mass is 19.1. The average molecular weight is 350 g/mol. The molecule has 25 heavy (non-hydrogen) atoms. The molecule has 0 atom stereocenters. The number of hydrogen-bond donors (Lipinski definition) is 2. The number of amides is 2. The second-order valence-electron chi connectivity index (χ2n) is 7.58. The molecule has 6 heteroatoms. The topological polar surface area (TPSA) is 67.4 Å². The number of hydrogen-bond acceptors (Lipinski definition) is 3. The molecule has 1 saturated carbocycles. The van der Waals surface area contributed by atoms with Crippen molar-refractivity contribution in [2.24, 2.45) is 0 Å². The number of nitrogens with one attached hydrogen (secondary N) is 2. The van der Waals surface area contributed by atoms with E-state index in [0.717, 1.165) is 25.7 Å². The number of benzene rings is 1. The highest BCUT2D eigenvalue weighted by Crippen LogP contribution is 2.29. The molecule has 2 N–H and O–H groups in total. The van der Waals surface area contributed by atoms with Crippen LogP contribution in [-0.2, 0) is 9.53 Å². The molecule has 1 aliphatic carbocycles. The van der Waals surface area contributed by atoms with Gasteiger partial charge in [-0.15, -0.1) is 0 Å². The molecule has 138 valence electrons. The van der Waals surface area contributed by atoms with E-state index in [9.17, 15) is 14.0 Å². The first kappa shape index (κ1) is 19.2. The standard InChI is InChI=1S/C19H27FN2O3/c1-18(2,3)25-17(24)22-19(12-6-4-5-7-13-19)16(23)21-15-10-8-14(20)9-11-15/h8-11H,4-7,12-13H2,1-3H3,(H,21,23)(H,22,24). The fourth-order valence-electron chi connectivity index (χ4n) is 3.02. The number of anilines is 1. The van der Waals surface area contributed by atoms with E-state index in [2.05, 4.69) is 10.6 Å². The van der Waals surface area contributed by atoms with Crippen LogP contribution in [0.2, 0.25) is 0 Å². The molecule has 1 aromatic rings. The Kier molecular flexibility index (Phi) is 6.03. The number of rotatable bonds is 3. The number of halogens is 1. The first-order valence-corrected chi connectivity index (χ1v) is 8.78. The van der Waals surface area contributed by atoms with Crippen molar-refractivity contribution in [3.8, 4) is 0 Å². The Morgan fingerprint density at radius 3 is 2.12 bits per heavy atom. The molecule has 0 saturated heterocycles. The Balaban J connectivity index is 2.17. The van der Waals surface area contributed by atoms with Gasteiger partial charge in [0.2, 0.25) is 5.91 Å². The summed E-state index contributed by atoms with van der Waals surface area (Å²) in [5, 5.41) is 5.61. The second kappa shape index (κ2) is 7.85. The zero-order valence-corrected chi connectivity index (χ0v) is 15.2. The Labute approximate surface area is 148 Å². The normalized spacial score (nSPS) is 17.3. The molecule has 0 unspecified atom stereocenters. The third kappa shape index (κ3) is 5.73. The van der Waals surface area contributed by atoms with Crippen LogP contribution >= 0.6 is 0 Å². The third-order valence-corrected chi connectivity index (χ3v) is 4.23. The SMILES string of the molecule is CC(C)(C)OC(=O)NC1(C(=O)Nc2ccc(F)cc2)CCCCCC1. The molecular weight excluding hydrogens is 323 g/mol. The van der Waals surface area contributed by atoms with E-state index in [-0.39, 0.29) is 11.7 Å². The lowest BCUT2D eigenvalue weighted by Gasteiger charge is -2.33. The van der Waals surface area contributed by atoms with Crippen LogP contribution in [0.3, 0.4) is 0 Å². The molecule has 0 aromatic heterocycles. The predicted molar refractivity (Wildman–Crippen MR) is 94.8 cm³/mol. The molecule has 1 aliphatic rings. The van der Waals surface area contributed by atoms with Gasteiger partial charge in [0.05, 0.1) is 0 Å². The Morgan fingerprint density at radius 1 is 1.04 bits per heavy atom. The summed E-state index contributed by atoms with van der Waals surface area (Å²) in [6.07, 6.45) is 4.28. The molecule has 0 bridgehead atoms. The maximum Gasteiger partial charge on any atom is 0.408 e. The van der Waals surface area contributed by atoms with Crippen molar-refractivity contribution in [1.29, 1.82) is 0 Å². The molecule has 0 heterocycles. The smallest absolute Gasteiger partial charge is 0.408 e. The van der Waals surface area contributed by atoms with Gasteiger partial charge >= 0.3 is 6.09 Å². The van der Waals surface area contributed by atoms with Gasteiger partial charge in [-0.2, -0.15) is 0 Å². The molecule has 2 amide bonds. The monoisotopic (exact) mass is 350 g/mol. The summed E-state index contributed by atoms with van der Waals surface area (Å²) < 4.78 is 18.4. The van der Waals surface area contributed by atoms with Crippen molar-refractivity contribution >= 4 is 17.7 Å². The summed E-state index contributed by atoms with van der Waals surface area (Å²) >= 11 is 0. The van der Waals surface area contributed by atoms with E-state index in [4.69, 9.17) is 4.74 Å². The van der Waals surface area contributed by atoms with Gasteiger partial charge < -0.3 is 15.4 Å². The Morgan fingerprint density at radius 2 is 1.60 bits per heavy atom. The van der Waals surface area contributed by atoms with Crippen LogP contribution in [0.5, 0.6) is 0 Å². The van der Waals surface area contributed by atoms with E-state index >= 15 is 0 Å². The lowest BCUT2D eigenvalue weighted by atomic mass is 9.89. The minimum Gasteiger partial charge on any atom is -0.444 e. The Bertz CT molecular complexity index is 600. The lowest BCUT2D eigenvalue weighted by molar-refractivity contribution is -0.123. The summed E-state index contributed by atoms with van der Waals surface area (Å²) in [4.78, 5) is 25.2. The zero-order chi connectivity index (χ0) is 18.5. The van der Waals surface area contributed by atoms with Gasteiger partial charge in [-0.25, -0.2) is 9.18 Å². The van der Waals surface area contributed by atoms with Crippen molar-refractivity contribution in [3.63, 3.8) is 0 Å². The van der Waals surface area contributed by atoms with Gasteiger partial charge in [-0.3, -0.25) is 4.79 Å². The van der Waals surface area contributed by atoms with Crippen molar-refractivity contribution in [3.05, 3.63) is 30.1 Å². The van der Waals surface area contributed by atoms with Crippen LogP contribution in [0.25, 0.3) is 0 Å². The van der Waals surface area contributed by atoms with Crippen LogP contribution < -0.4 is 10.6 Å². The van der Waals surface area contributed by atoms with Crippen LogP contribution in [-0.4, -0.2) is 23.1 Å². The summed E-state index contributed by atoms with van der Waals surface area (Å²) in [6.45, 7) is 5.35. The zero-order valence-electron chi connectivity index (χ0n) is 15.2. The number of carbonyl (C=O) groups is 2. The van der Waals surface area contributed by atoms with Crippen molar-refractivity contribution < 1.29 is 18.7 Å². The lowest BCUT2D eigenvalue weighted by Crippen LogP contribution is -2.57. The number of ether oxygens (including phenoxy) is 1. The number of alkyl carbamates (subject to hydrolysis) is 1. The largest absolute Gasteiger partial charge is 0.444 e. The van der Waals surface area contributed by atoms with Crippen molar-refractivity contribution in [2.45, 2.75) is 70.4 Å². The minimum atomic E-state index is -1.01. The van der Waals surface area contributed by atoms with Gasteiger partial charge in [0.1, 0.15) is 17.0 Å². The van der Waals surface area contributed by atoms with Crippen LogP contribution in [0.15, 0.2) is 24.3 Å². The maximum absolute atomic E-state index is 13.1. The molecule has 2 rings (SSSR count). The van der Waals surface area contributed by atoms with E-state index in [0.29, 0.717) is 18.5 Å². The van der Waals surface area contributed by atoms with Crippen molar-refractivity contribution in [1.82, 2.24) is 5.32 Å². The average Bonchev–Trinajstić information content (AvgIpc) is 2.74. The predicted octanol–water partition coefficient (Wildman–Crippen LogP) is 4.38. The van der Waals surface area contributed by atoms with Crippen LogP contribution in [0, 0.1) is 5.82 Å². The molecule has 5 nitrogen and oxygen atoms in total. The van der Waals surface area contributed by atoms with Gasteiger partial charge in [0.25, 0.3) is 0 Å². The van der Waals surface area contributed by atoms with Gasteiger partial charge in [-0.1, -0.05) is 25.7 Å². The van der Waals surface area contributed by atoms with E-state index in [1.807, 2.05) is 0 Å². The van der Waals surface area contributed by atoms with Crippen molar-refractivity contribution in [2.75, 3.05) is 5.32 Å². The van der Waals surface area contributed by atoms with Crippen LogP contribution in [0.1, 0.15) is 59.3 Å². The maximum atomic E-state index is 13.1. The van der Waals surface area contributed by atoms with Gasteiger partial charge in [0.15, 0.2) is 0 Å². The van der Waals surface area contributed by atoms with Crippen LogP contribution in [0.4, 0.5) is 14.9 Å². The summed E-state index contributed by atoms with van der Waals surface area (Å²) in [5.41, 5.74) is -1.14. The molecule has 0 spiro atoms. The minimum absolute atomic E-state index is 0.285. The summed E-state index contributed by atoms with van der Waals surface area (Å²) in [7, 11) is 0. The molecular formula is C19H27FN2O3. The molecule has 1 fully saturated rings. The molecule has 0 radical (unpaired) electrons. The first-order chi connectivity index (χ1) is 11.7. The quantitative estimate of drug-likeness (QED) is 0.795. The van der Waals surface area contributed by atoms with E-state index in [1.54, 1.807) is 20.8 Å². The highest BCUT2D eigenvalue weighted by molar-refractivity contribution is 6.00. The molecule has 1 aromatic carbocycles.